The van der Waals surface area contributed by atoms with Crippen molar-refractivity contribution in [3.63, 3.8) is 0 Å². The Morgan fingerprint density at radius 2 is 1.72 bits per heavy atom. The van der Waals surface area contributed by atoms with Crippen molar-refractivity contribution in [2.45, 2.75) is 31.6 Å². The van der Waals surface area contributed by atoms with Crippen molar-refractivity contribution in [3.05, 3.63) is 65.2 Å². The molecule has 4 heteroatoms. The molecule has 0 atom stereocenters. The van der Waals surface area contributed by atoms with Gasteiger partial charge in [-0.2, -0.15) is 0 Å². The second kappa shape index (κ2) is 8.91. The van der Waals surface area contributed by atoms with Gasteiger partial charge in [0.05, 0.1) is 6.61 Å². The van der Waals surface area contributed by atoms with Crippen LogP contribution in [0.5, 0.6) is 5.75 Å². The predicted molar refractivity (Wildman–Crippen MR) is 101 cm³/mol. The van der Waals surface area contributed by atoms with Crippen molar-refractivity contribution < 1.29 is 9.53 Å². The highest BCUT2D eigenvalue weighted by molar-refractivity contribution is 6.30. The van der Waals surface area contributed by atoms with Gasteiger partial charge in [-0.25, -0.2) is 0 Å². The van der Waals surface area contributed by atoms with Crippen LogP contribution in [-0.4, -0.2) is 30.5 Å². The number of carbonyl (C=O) groups is 1. The van der Waals surface area contributed by atoms with Gasteiger partial charge < -0.3 is 9.64 Å². The van der Waals surface area contributed by atoms with Crippen molar-refractivity contribution >= 4 is 17.5 Å². The van der Waals surface area contributed by atoms with E-state index in [9.17, 15) is 4.79 Å². The van der Waals surface area contributed by atoms with E-state index in [-0.39, 0.29) is 5.91 Å². The molecule has 1 saturated heterocycles. The molecule has 0 aromatic heterocycles. The smallest absolute Gasteiger partial charge is 0.222 e. The maximum Gasteiger partial charge on any atom is 0.222 e. The number of halogens is 1. The maximum atomic E-state index is 12.4. The molecule has 3 nitrogen and oxygen atoms in total. The fourth-order valence-corrected chi connectivity index (χ4v) is 3.42. The quantitative estimate of drug-likeness (QED) is 0.688. The lowest BCUT2D eigenvalue weighted by Gasteiger charge is -2.32. The van der Waals surface area contributed by atoms with Crippen LogP contribution < -0.4 is 4.74 Å². The summed E-state index contributed by atoms with van der Waals surface area (Å²) in [7, 11) is 0. The van der Waals surface area contributed by atoms with Crippen LogP contribution in [-0.2, 0) is 4.79 Å². The fraction of sp³-hybridized carbons (Fsp3) is 0.381. The van der Waals surface area contributed by atoms with Gasteiger partial charge in [0.1, 0.15) is 5.75 Å². The fourth-order valence-electron chi connectivity index (χ4n) is 3.29. The van der Waals surface area contributed by atoms with Gasteiger partial charge >= 0.3 is 0 Å². The average Bonchev–Trinajstić information content (AvgIpc) is 2.67. The number of hydrogen-bond acceptors (Lipinski definition) is 2. The lowest BCUT2D eigenvalue weighted by molar-refractivity contribution is -0.132. The number of likely N-dealkylation sites (tertiary alicyclic amines) is 1. The van der Waals surface area contributed by atoms with Crippen LogP contribution in [0.2, 0.25) is 5.02 Å². The summed E-state index contributed by atoms with van der Waals surface area (Å²) in [5, 5.41) is 0.696. The summed E-state index contributed by atoms with van der Waals surface area (Å²) in [6.45, 7) is 2.26. The van der Waals surface area contributed by atoms with Gasteiger partial charge in [0, 0.05) is 24.5 Å². The van der Waals surface area contributed by atoms with Crippen LogP contribution in [0.15, 0.2) is 54.6 Å². The van der Waals surface area contributed by atoms with E-state index in [0.29, 0.717) is 24.0 Å². The highest BCUT2D eigenvalue weighted by Gasteiger charge is 2.23. The molecule has 0 N–H and O–H groups in total. The molecule has 0 saturated carbocycles. The predicted octanol–water partition coefficient (Wildman–Crippen LogP) is 4.91. The zero-order valence-corrected chi connectivity index (χ0v) is 15.1. The Hall–Kier alpha value is -2.00. The minimum atomic E-state index is 0.242. The first-order valence-electron chi connectivity index (χ1n) is 8.93. The minimum Gasteiger partial charge on any atom is -0.494 e. The number of hydrogen-bond donors (Lipinski definition) is 0. The van der Waals surface area contributed by atoms with Gasteiger partial charge in [0.2, 0.25) is 5.91 Å². The summed E-state index contributed by atoms with van der Waals surface area (Å²) in [6, 6.07) is 17.9. The Morgan fingerprint density at radius 3 is 2.40 bits per heavy atom. The first kappa shape index (κ1) is 17.8. The number of amides is 1. The molecule has 25 heavy (non-hydrogen) atoms. The Morgan fingerprint density at radius 1 is 1.04 bits per heavy atom. The van der Waals surface area contributed by atoms with Crippen molar-refractivity contribution in [3.8, 4) is 5.75 Å². The van der Waals surface area contributed by atoms with E-state index in [1.807, 2.05) is 23.1 Å². The van der Waals surface area contributed by atoms with Gasteiger partial charge in [-0.3, -0.25) is 4.79 Å². The third-order valence-electron chi connectivity index (χ3n) is 4.74. The normalized spacial score (nSPS) is 15.2. The second-order valence-corrected chi connectivity index (χ2v) is 6.91. The second-order valence-electron chi connectivity index (χ2n) is 6.47. The van der Waals surface area contributed by atoms with Gasteiger partial charge in [0.15, 0.2) is 0 Å². The Kier molecular flexibility index (Phi) is 6.35. The van der Waals surface area contributed by atoms with Crippen molar-refractivity contribution in [2.75, 3.05) is 19.7 Å². The summed E-state index contributed by atoms with van der Waals surface area (Å²) in [4.78, 5) is 14.4. The largest absolute Gasteiger partial charge is 0.494 e. The molecule has 0 unspecified atom stereocenters. The number of benzene rings is 2. The molecule has 132 valence electrons. The zero-order chi connectivity index (χ0) is 17.5. The molecule has 2 aromatic carbocycles. The number of rotatable bonds is 6. The molecule has 1 heterocycles. The molecule has 0 bridgehead atoms. The first-order valence-corrected chi connectivity index (χ1v) is 9.31. The highest BCUT2D eigenvalue weighted by atomic mass is 35.5. The molecular weight excluding hydrogens is 334 g/mol. The summed E-state index contributed by atoms with van der Waals surface area (Å²) in [5.41, 5.74) is 1.39. The van der Waals surface area contributed by atoms with Crippen LogP contribution in [0.25, 0.3) is 0 Å². The molecular formula is C21H24ClNO2. The molecule has 2 aromatic rings. The topological polar surface area (TPSA) is 29.5 Å². The molecule has 0 aliphatic carbocycles. The molecule has 0 spiro atoms. The van der Waals surface area contributed by atoms with Crippen molar-refractivity contribution in [1.82, 2.24) is 4.90 Å². The number of piperidine rings is 1. The number of nitrogens with zero attached hydrogens (tertiary/aromatic N) is 1. The van der Waals surface area contributed by atoms with E-state index in [4.69, 9.17) is 16.3 Å². The van der Waals surface area contributed by atoms with E-state index >= 15 is 0 Å². The van der Waals surface area contributed by atoms with Gasteiger partial charge in [-0.15, -0.1) is 0 Å². The van der Waals surface area contributed by atoms with Gasteiger partial charge in [-0.1, -0.05) is 41.9 Å². The van der Waals surface area contributed by atoms with Crippen LogP contribution in [0.1, 0.15) is 37.2 Å². The summed E-state index contributed by atoms with van der Waals surface area (Å²) in [6.07, 6.45) is 3.39. The molecule has 1 fully saturated rings. The summed E-state index contributed by atoms with van der Waals surface area (Å²) < 4.78 is 5.64. The summed E-state index contributed by atoms with van der Waals surface area (Å²) >= 11 is 5.84. The maximum absolute atomic E-state index is 12.4. The SMILES string of the molecule is O=C(CCCOc1ccc(Cl)cc1)N1CCC(c2ccccc2)CC1. The number of ether oxygens (including phenoxy) is 1. The van der Waals surface area contributed by atoms with E-state index in [0.717, 1.165) is 38.1 Å². The lowest BCUT2D eigenvalue weighted by Crippen LogP contribution is -2.37. The molecule has 1 aliphatic rings. The Labute approximate surface area is 154 Å². The van der Waals surface area contributed by atoms with Crippen molar-refractivity contribution in [1.29, 1.82) is 0 Å². The minimum absolute atomic E-state index is 0.242. The van der Waals surface area contributed by atoms with E-state index in [1.54, 1.807) is 12.1 Å². The van der Waals surface area contributed by atoms with E-state index in [2.05, 4.69) is 24.3 Å². The van der Waals surface area contributed by atoms with Crippen LogP contribution in [0.3, 0.4) is 0 Å². The standard InChI is InChI=1S/C21H24ClNO2/c22-19-8-10-20(11-9-19)25-16-4-7-21(24)23-14-12-18(13-15-23)17-5-2-1-3-6-17/h1-3,5-6,8-11,18H,4,7,12-16H2. The van der Waals surface area contributed by atoms with Gasteiger partial charge in [-0.05, 0) is 55.0 Å². The lowest BCUT2D eigenvalue weighted by atomic mass is 9.89. The monoisotopic (exact) mass is 357 g/mol. The Balaban J connectivity index is 1.36. The molecule has 1 aliphatic heterocycles. The van der Waals surface area contributed by atoms with Crippen molar-refractivity contribution in [2.24, 2.45) is 0 Å². The third kappa shape index (κ3) is 5.23. The van der Waals surface area contributed by atoms with Gasteiger partial charge in [0.25, 0.3) is 0 Å². The third-order valence-corrected chi connectivity index (χ3v) is 4.99. The zero-order valence-electron chi connectivity index (χ0n) is 14.4. The molecule has 0 radical (unpaired) electrons. The van der Waals surface area contributed by atoms with Crippen LogP contribution in [0, 0.1) is 0 Å². The Bertz CT molecular complexity index is 664. The van der Waals surface area contributed by atoms with Crippen LogP contribution >= 0.6 is 11.6 Å². The van der Waals surface area contributed by atoms with E-state index < -0.39 is 0 Å². The molecule has 3 rings (SSSR count). The first-order chi connectivity index (χ1) is 12.2. The van der Waals surface area contributed by atoms with Crippen LogP contribution in [0.4, 0.5) is 0 Å². The average molecular weight is 358 g/mol. The number of carbonyl (C=O) groups excluding carboxylic acids is 1. The molecule has 1 amide bonds. The van der Waals surface area contributed by atoms with E-state index in [1.165, 1.54) is 5.56 Å². The highest BCUT2D eigenvalue weighted by Crippen LogP contribution is 2.28. The summed E-state index contributed by atoms with van der Waals surface area (Å²) in [5.74, 6) is 1.62.